The number of benzene rings is 6. The number of nitriles is 1. The van der Waals surface area contributed by atoms with Crippen LogP contribution in [0.2, 0.25) is 0 Å². The first-order valence-corrected chi connectivity index (χ1v) is 15.2. The van der Waals surface area contributed by atoms with Gasteiger partial charge in [-0.05, 0) is 58.7 Å². The fourth-order valence-corrected chi connectivity index (χ4v) is 7.09. The summed E-state index contributed by atoms with van der Waals surface area (Å²) in [7, 11) is 0. The highest BCUT2D eigenvalue weighted by molar-refractivity contribution is 5.90. The molecule has 0 N–H and O–H groups in total. The zero-order valence-electron chi connectivity index (χ0n) is 24.6. The Morgan fingerprint density at radius 3 is 1.65 bits per heavy atom. The van der Waals surface area contributed by atoms with Crippen LogP contribution in [0.15, 0.2) is 146 Å². The maximum absolute atomic E-state index is 9.37. The van der Waals surface area contributed by atoms with Crippen LogP contribution in [0, 0.1) is 11.3 Å². The van der Waals surface area contributed by atoms with E-state index < -0.39 is 5.41 Å². The van der Waals surface area contributed by atoms with Crippen LogP contribution >= 0.6 is 0 Å². The molecule has 2 aliphatic rings. The second-order valence-corrected chi connectivity index (χ2v) is 11.5. The minimum absolute atomic E-state index is 0.513. The topological polar surface area (TPSA) is 71.7 Å². The molecule has 6 aromatic carbocycles. The van der Waals surface area contributed by atoms with Crippen LogP contribution in [0.25, 0.3) is 45.3 Å². The molecular formula is C41H24N4O. The molecule has 0 radical (unpaired) electrons. The van der Waals surface area contributed by atoms with Crippen molar-refractivity contribution >= 4 is 0 Å². The van der Waals surface area contributed by atoms with Gasteiger partial charge < -0.3 is 4.74 Å². The first-order chi connectivity index (χ1) is 22.8. The number of fused-ring (bicyclic) bond motifs is 9. The third-order valence-electron chi connectivity index (χ3n) is 9.05. The van der Waals surface area contributed by atoms with Gasteiger partial charge in [0.15, 0.2) is 17.5 Å². The fraction of sp³-hybridized carbons (Fsp3) is 0.0244. The van der Waals surface area contributed by atoms with Gasteiger partial charge in [0.1, 0.15) is 11.5 Å². The van der Waals surface area contributed by atoms with Crippen LogP contribution in [0.5, 0.6) is 11.5 Å². The Morgan fingerprint density at radius 1 is 0.457 bits per heavy atom. The van der Waals surface area contributed by atoms with E-state index in [0.717, 1.165) is 39.3 Å². The lowest BCUT2D eigenvalue weighted by molar-refractivity contribution is 0.437. The summed E-state index contributed by atoms with van der Waals surface area (Å²) in [6.07, 6.45) is 0. The molecule has 7 aromatic rings. The maximum atomic E-state index is 9.37. The van der Waals surface area contributed by atoms with Crippen LogP contribution in [0.4, 0.5) is 0 Å². The van der Waals surface area contributed by atoms with Crippen LogP contribution in [-0.4, -0.2) is 15.0 Å². The summed E-state index contributed by atoms with van der Waals surface area (Å²) in [4.78, 5) is 15.0. The Labute approximate surface area is 266 Å². The smallest absolute Gasteiger partial charge is 0.167 e. The predicted molar refractivity (Wildman–Crippen MR) is 178 cm³/mol. The van der Waals surface area contributed by atoms with Gasteiger partial charge in [-0.2, -0.15) is 5.26 Å². The third-order valence-corrected chi connectivity index (χ3v) is 9.05. The molecule has 2 heterocycles. The monoisotopic (exact) mass is 588 g/mol. The highest BCUT2D eigenvalue weighted by Crippen LogP contribution is 2.62. The van der Waals surface area contributed by atoms with Crippen molar-refractivity contribution in [1.82, 2.24) is 15.0 Å². The first-order valence-electron chi connectivity index (χ1n) is 15.2. The molecule has 214 valence electrons. The lowest BCUT2D eigenvalue weighted by Crippen LogP contribution is -2.32. The number of para-hydroxylation sites is 2. The van der Waals surface area contributed by atoms with Gasteiger partial charge in [-0.3, -0.25) is 0 Å². The molecule has 0 saturated carbocycles. The lowest BCUT2D eigenvalue weighted by Gasteiger charge is -2.39. The zero-order valence-corrected chi connectivity index (χ0v) is 24.6. The molecule has 0 atom stereocenters. The van der Waals surface area contributed by atoms with Gasteiger partial charge in [0.2, 0.25) is 0 Å². The van der Waals surface area contributed by atoms with Gasteiger partial charge in [-0.25, -0.2) is 15.0 Å². The molecule has 1 aliphatic carbocycles. The molecule has 5 nitrogen and oxygen atoms in total. The SMILES string of the molecule is N#Cc1ccc(-c2nc(-c3ccccc3)nc(-c3cccc4c3Oc3ccccc3C43c4ccccc4-c4ccccc43)n2)cc1. The Kier molecular flexibility index (Phi) is 5.71. The number of aromatic nitrogens is 3. The zero-order chi connectivity index (χ0) is 30.7. The number of rotatable bonds is 3. The number of hydrogen-bond donors (Lipinski definition) is 0. The third kappa shape index (κ3) is 3.71. The van der Waals surface area contributed by atoms with Gasteiger partial charge >= 0.3 is 0 Å². The number of ether oxygens (including phenoxy) is 1. The van der Waals surface area contributed by atoms with Crippen molar-refractivity contribution in [2.24, 2.45) is 0 Å². The molecule has 5 heteroatoms. The van der Waals surface area contributed by atoms with Crippen LogP contribution in [0.1, 0.15) is 27.8 Å². The Bertz CT molecular complexity index is 2310. The van der Waals surface area contributed by atoms with E-state index in [2.05, 4.69) is 78.9 Å². The quantitative estimate of drug-likeness (QED) is 0.206. The van der Waals surface area contributed by atoms with Crippen molar-refractivity contribution in [2.45, 2.75) is 5.41 Å². The second-order valence-electron chi connectivity index (χ2n) is 11.5. The minimum Gasteiger partial charge on any atom is -0.456 e. The summed E-state index contributed by atoms with van der Waals surface area (Å²) in [6, 6.07) is 51.4. The average Bonchev–Trinajstić information content (AvgIpc) is 3.42. The molecule has 0 unspecified atom stereocenters. The van der Waals surface area contributed by atoms with Gasteiger partial charge in [0.25, 0.3) is 0 Å². The van der Waals surface area contributed by atoms with Crippen molar-refractivity contribution in [2.75, 3.05) is 0 Å². The van der Waals surface area contributed by atoms with Crippen molar-refractivity contribution in [3.63, 3.8) is 0 Å². The molecule has 9 rings (SSSR count). The van der Waals surface area contributed by atoms with E-state index in [9.17, 15) is 5.26 Å². The van der Waals surface area contributed by atoms with E-state index in [1.807, 2.05) is 60.7 Å². The van der Waals surface area contributed by atoms with Crippen LogP contribution < -0.4 is 4.74 Å². The molecule has 1 aliphatic heterocycles. The Hall–Kier alpha value is -6.38. The largest absolute Gasteiger partial charge is 0.456 e. The van der Waals surface area contributed by atoms with E-state index in [1.54, 1.807) is 12.1 Å². The van der Waals surface area contributed by atoms with E-state index in [4.69, 9.17) is 19.7 Å². The van der Waals surface area contributed by atoms with Gasteiger partial charge in [0, 0.05) is 22.3 Å². The van der Waals surface area contributed by atoms with Gasteiger partial charge in [-0.1, -0.05) is 109 Å². The summed E-state index contributed by atoms with van der Waals surface area (Å²) in [5, 5.41) is 9.37. The first kappa shape index (κ1) is 26.1. The van der Waals surface area contributed by atoms with Crippen LogP contribution in [0.3, 0.4) is 0 Å². The molecule has 1 aromatic heterocycles. The van der Waals surface area contributed by atoms with Crippen molar-refractivity contribution in [3.05, 3.63) is 173 Å². The van der Waals surface area contributed by atoms with E-state index in [-0.39, 0.29) is 0 Å². The fourth-order valence-electron chi connectivity index (χ4n) is 7.09. The van der Waals surface area contributed by atoms with Crippen molar-refractivity contribution in [1.29, 1.82) is 5.26 Å². The molecule has 46 heavy (non-hydrogen) atoms. The van der Waals surface area contributed by atoms with E-state index >= 15 is 0 Å². The maximum Gasteiger partial charge on any atom is 0.167 e. The minimum atomic E-state index is -0.585. The Balaban J connectivity index is 1.34. The normalized spacial score (nSPS) is 13.1. The standard InChI is InChI=1S/C41H24N4O/c42-25-26-21-23-28(24-22-26)39-43-38(27-11-2-1-3-12-27)44-40(45-39)31-15-10-19-35-37(31)46-36-20-9-8-18-34(36)41(35)32-16-6-4-13-29(32)30-14-5-7-17-33(30)41/h1-24H. The summed E-state index contributed by atoms with van der Waals surface area (Å²) >= 11 is 0. The van der Waals surface area contributed by atoms with Crippen molar-refractivity contribution in [3.8, 4) is 62.9 Å². The molecule has 0 fully saturated rings. The number of nitrogens with zero attached hydrogens (tertiary/aromatic N) is 4. The summed E-state index contributed by atoms with van der Waals surface area (Å²) < 4.78 is 6.86. The van der Waals surface area contributed by atoms with E-state index in [0.29, 0.717) is 23.0 Å². The second kappa shape index (κ2) is 10.1. The molecular weight excluding hydrogens is 564 g/mol. The summed E-state index contributed by atoms with van der Waals surface area (Å²) in [5.41, 5.74) is 9.50. The molecule has 0 saturated heterocycles. The van der Waals surface area contributed by atoms with E-state index in [1.165, 1.54) is 22.3 Å². The Morgan fingerprint density at radius 2 is 0.978 bits per heavy atom. The van der Waals surface area contributed by atoms with Gasteiger partial charge in [0.05, 0.1) is 22.6 Å². The highest BCUT2D eigenvalue weighted by atomic mass is 16.5. The molecule has 0 amide bonds. The summed E-state index contributed by atoms with van der Waals surface area (Å²) in [5.74, 6) is 3.12. The molecule has 1 spiro atoms. The summed E-state index contributed by atoms with van der Waals surface area (Å²) in [6.45, 7) is 0. The van der Waals surface area contributed by atoms with Crippen LogP contribution in [-0.2, 0) is 5.41 Å². The highest BCUT2D eigenvalue weighted by Gasteiger charge is 2.51. The van der Waals surface area contributed by atoms with Crippen molar-refractivity contribution < 1.29 is 4.74 Å². The predicted octanol–water partition coefficient (Wildman–Crippen LogP) is 9.21. The number of hydrogen-bond acceptors (Lipinski definition) is 5. The average molecular weight is 589 g/mol. The van der Waals surface area contributed by atoms with Gasteiger partial charge in [-0.15, -0.1) is 0 Å². The molecule has 0 bridgehead atoms. The lowest BCUT2D eigenvalue weighted by atomic mass is 9.66.